The van der Waals surface area contributed by atoms with Crippen LogP contribution in [-0.2, 0) is 11.3 Å². The summed E-state index contributed by atoms with van der Waals surface area (Å²) in [7, 11) is 0. The van der Waals surface area contributed by atoms with Gasteiger partial charge in [0.05, 0.1) is 12.3 Å². The topological polar surface area (TPSA) is 80.9 Å². The molecular weight excluding hydrogens is 331 g/mol. The number of halogens is 1. The zero-order valence-corrected chi connectivity index (χ0v) is 13.3. The van der Waals surface area contributed by atoms with Gasteiger partial charge in [-0.1, -0.05) is 5.16 Å². The Morgan fingerprint density at radius 1 is 1.17 bits per heavy atom. The average Bonchev–Trinajstić information content (AvgIpc) is 3.09. The van der Waals surface area contributed by atoms with Crippen molar-refractivity contribution in [1.29, 1.82) is 0 Å². The molecule has 0 bridgehead atoms. The van der Waals surface area contributed by atoms with E-state index in [4.69, 9.17) is 4.52 Å². The minimum Gasteiger partial charge on any atom is -0.346 e. The lowest BCUT2D eigenvalue weighted by Gasteiger charge is -2.02. The predicted octanol–water partition coefficient (Wildman–Crippen LogP) is 2.68. The quantitative estimate of drug-likeness (QED) is 0.693. The number of pyridine rings is 1. The molecule has 0 fully saturated rings. The summed E-state index contributed by atoms with van der Waals surface area (Å²) in [4.78, 5) is 20.8. The molecule has 0 atom stereocenters. The molecule has 122 valence electrons. The Balaban J connectivity index is 1.48. The highest BCUT2D eigenvalue weighted by molar-refractivity contribution is 8.00. The lowest BCUT2D eigenvalue weighted by Crippen LogP contribution is -2.24. The summed E-state index contributed by atoms with van der Waals surface area (Å²) in [6.45, 7) is 0.154. The van der Waals surface area contributed by atoms with Crippen LogP contribution in [0, 0.1) is 5.82 Å². The number of hydrogen-bond acceptors (Lipinski definition) is 6. The van der Waals surface area contributed by atoms with Crippen LogP contribution in [0.5, 0.6) is 0 Å². The second kappa shape index (κ2) is 7.69. The molecule has 0 saturated carbocycles. The van der Waals surface area contributed by atoms with Gasteiger partial charge in [0, 0.05) is 22.9 Å². The van der Waals surface area contributed by atoms with Crippen LogP contribution in [0.1, 0.15) is 5.89 Å². The highest BCUT2D eigenvalue weighted by atomic mass is 32.2. The number of carbonyl (C=O) groups is 1. The standard InChI is InChI=1S/C16H13FN4O2S/c17-12-1-3-13(4-2-12)24-10-14(22)19-9-15-20-16(21-23-15)11-5-7-18-8-6-11/h1-8H,9-10H2,(H,19,22). The summed E-state index contributed by atoms with van der Waals surface area (Å²) in [6.07, 6.45) is 3.28. The SMILES string of the molecule is O=C(CSc1ccc(F)cc1)NCc1nc(-c2ccncc2)no1. The molecule has 24 heavy (non-hydrogen) atoms. The number of aromatic nitrogens is 3. The molecule has 2 heterocycles. The van der Waals surface area contributed by atoms with Gasteiger partial charge in [-0.05, 0) is 36.4 Å². The highest BCUT2D eigenvalue weighted by Gasteiger charge is 2.10. The predicted molar refractivity (Wildman–Crippen MR) is 86.5 cm³/mol. The van der Waals surface area contributed by atoms with Crippen LogP contribution in [-0.4, -0.2) is 26.8 Å². The van der Waals surface area contributed by atoms with Crippen molar-refractivity contribution >= 4 is 17.7 Å². The molecule has 3 rings (SSSR count). The minimum atomic E-state index is -0.301. The molecular formula is C16H13FN4O2S. The van der Waals surface area contributed by atoms with E-state index in [2.05, 4.69) is 20.4 Å². The van der Waals surface area contributed by atoms with Crippen molar-refractivity contribution < 1.29 is 13.7 Å². The van der Waals surface area contributed by atoms with Gasteiger partial charge in [0.25, 0.3) is 0 Å². The Hall–Kier alpha value is -2.74. The van der Waals surface area contributed by atoms with E-state index in [1.807, 2.05) is 0 Å². The van der Waals surface area contributed by atoms with Crippen LogP contribution in [0.3, 0.4) is 0 Å². The molecule has 1 N–H and O–H groups in total. The summed E-state index contributed by atoms with van der Waals surface area (Å²) in [5.74, 6) is 0.513. The number of amides is 1. The first-order chi connectivity index (χ1) is 11.7. The number of nitrogens with zero attached hydrogens (tertiary/aromatic N) is 3. The molecule has 0 unspecified atom stereocenters. The second-order valence-electron chi connectivity index (χ2n) is 4.77. The lowest BCUT2D eigenvalue weighted by atomic mass is 10.2. The monoisotopic (exact) mass is 344 g/mol. The van der Waals surface area contributed by atoms with Crippen LogP contribution in [0.25, 0.3) is 11.4 Å². The molecule has 0 radical (unpaired) electrons. The Kier molecular flexibility index (Phi) is 5.17. The summed E-state index contributed by atoms with van der Waals surface area (Å²) in [6, 6.07) is 9.52. The molecule has 2 aromatic heterocycles. The molecule has 0 aliphatic heterocycles. The third kappa shape index (κ3) is 4.39. The van der Waals surface area contributed by atoms with Gasteiger partial charge in [0.1, 0.15) is 5.82 Å². The van der Waals surface area contributed by atoms with Gasteiger partial charge in [-0.2, -0.15) is 4.98 Å². The maximum absolute atomic E-state index is 12.8. The van der Waals surface area contributed by atoms with Crippen molar-refractivity contribution in [2.45, 2.75) is 11.4 Å². The number of thioether (sulfide) groups is 1. The first-order valence-corrected chi connectivity index (χ1v) is 8.07. The number of rotatable bonds is 6. The fourth-order valence-electron chi connectivity index (χ4n) is 1.85. The van der Waals surface area contributed by atoms with Crippen LogP contribution in [0.15, 0.2) is 58.2 Å². The summed E-state index contributed by atoms with van der Waals surface area (Å²) in [5.41, 5.74) is 0.790. The van der Waals surface area contributed by atoms with E-state index in [1.54, 1.807) is 36.7 Å². The van der Waals surface area contributed by atoms with E-state index in [0.29, 0.717) is 11.7 Å². The van der Waals surface area contributed by atoms with Gasteiger partial charge in [-0.3, -0.25) is 9.78 Å². The number of nitrogens with one attached hydrogen (secondary N) is 1. The van der Waals surface area contributed by atoms with Gasteiger partial charge < -0.3 is 9.84 Å². The maximum Gasteiger partial charge on any atom is 0.246 e. The Bertz CT molecular complexity index is 808. The van der Waals surface area contributed by atoms with E-state index in [1.165, 1.54) is 23.9 Å². The van der Waals surface area contributed by atoms with Crippen LogP contribution in [0.2, 0.25) is 0 Å². The largest absolute Gasteiger partial charge is 0.346 e. The van der Waals surface area contributed by atoms with Gasteiger partial charge in [0.2, 0.25) is 17.6 Å². The first kappa shape index (κ1) is 16.1. The molecule has 6 nitrogen and oxygen atoms in total. The van der Waals surface area contributed by atoms with Crippen molar-refractivity contribution in [1.82, 2.24) is 20.4 Å². The maximum atomic E-state index is 12.8. The first-order valence-electron chi connectivity index (χ1n) is 7.09. The Morgan fingerprint density at radius 2 is 1.92 bits per heavy atom. The van der Waals surface area contributed by atoms with E-state index >= 15 is 0 Å². The van der Waals surface area contributed by atoms with Gasteiger partial charge in [-0.25, -0.2) is 4.39 Å². The van der Waals surface area contributed by atoms with E-state index < -0.39 is 0 Å². The number of benzene rings is 1. The summed E-state index contributed by atoms with van der Waals surface area (Å²) in [5, 5.41) is 6.56. The third-order valence-corrected chi connectivity index (χ3v) is 4.04. The molecule has 3 aromatic rings. The molecule has 0 aliphatic rings. The van der Waals surface area contributed by atoms with Crippen molar-refractivity contribution in [3.05, 3.63) is 60.5 Å². The number of carbonyl (C=O) groups excluding carboxylic acids is 1. The zero-order valence-electron chi connectivity index (χ0n) is 12.5. The summed E-state index contributed by atoms with van der Waals surface area (Å²) < 4.78 is 17.9. The molecule has 0 spiro atoms. The van der Waals surface area contributed by atoms with Gasteiger partial charge >= 0.3 is 0 Å². The molecule has 1 aromatic carbocycles. The van der Waals surface area contributed by atoms with Crippen molar-refractivity contribution in [2.24, 2.45) is 0 Å². The summed E-state index contributed by atoms with van der Waals surface area (Å²) >= 11 is 1.32. The molecule has 0 saturated heterocycles. The van der Waals surface area contributed by atoms with E-state index in [9.17, 15) is 9.18 Å². The van der Waals surface area contributed by atoms with Crippen LogP contribution in [0.4, 0.5) is 4.39 Å². The Morgan fingerprint density at radius 3 is 2.67 bits per heavy atom. The fourth-order valence-corrected chi connectivity index (χ4v) is 2.58. The van der Waals surface area contributed by atoms with Gasteiger partial charge in [0.15, 0.2) is 0 Å². The minimum absolute atomic E-state index is 0.154. The second-order valence-corrected chi connectivity index (χ2v) is 5.82. The van der Waals surface area contributed by atoms with Crippen LogP contribution < -0.4 is 5.32 Å². The van der Waals surface area contributed by atoms with Gasteiger partial charge in [-0.15, -0.1) is 11.8 Å². The van der Waals surface area contributed by atoms with Crippen LogP contribution >= 0.6 is 11.8 Å². The van der Waals surface area contributed by atoms with E-state index in [-0.39, 0.29) is 24.0 Å². The normalized spacial score (nSPS) is 10.5. The highest BCUT2D eigenvalue weighted by Crippen LogP contribution is 2.18. The van der Waals surface area contributed by atoms with Crippen molar-refractivity contribution in [2.75, 3.05) is 5.75 Å². The zero-order chi connectivity index (χ0) is 16.8. The third-order valence-electron chi connectivity index (χ3n) is 3.03. The van der Waals surface area contributed by atoms with Crippen molar-refractivity contribution in [3.8, 4) is 11.4 Å². The Labute approximate surface area is 141 Å². The van der Waals surface area contributed by atoms with Crippen molar-refractivity contribution in [3.63, 3.8) is 0 Å². The molecule has 0 aliphatic carbocycles. The molecule has 1 amide bonds. The molecule has 8 heteroatoms. The lowest BCUT2D eigenvalue weighted by molar-refractivity contribution is -0.118. The van der Waals surface area contributed by atoms with E-state index in [0.717, 1.165) is 10.5 Å². The fraction of sp³-hybridized carbons (Fsp3) is 0.125. The average molecular weight is 344 g/mol. The smallest absolute Gasteiger partial charge is 0.246 e. The number of hydrogen-bond donors (Lipinski definition) is 1.